The largest absolute Gasteiger partial charge is 0.451 e. The lowest BCUT2D eigenvalue weighted by Gasteiger charge is -2.20. The van der Waals surface area contributed by atoms with Crippen LogP contribution in [0.3, 0.4) is 0 Å². The van der Waals surface area contributed by atoms with Gasteiger partial charge in [0.25, 0.3) is 10.0 Å². The van der Waals surface area contributed by atoms with Gasteiger partial charge >= 0.3 is 5.97 Å². The van der Waals surface area contributed by atoms with Crippen LogP contribution in [0.1, 0.15) is 29.6 Å². The number of hydrogen-bond acceptors (Lipinski definition) is 5. The molecule has 0 N–H and O–H groups in total. The van der Waals surface area contributed by atoms with Gasteiger partial charge in [0, 0.05) is 13.5 Å². The number of carbonyl (C=O) groups excluding carboxylic acids is 2. The first kappa shape index (κ1) is 20.3. The van der Waals surface area contributed by atoms with Gasteiger partial charge in [-0.2, -0.15) is 0 Å². The number of sulfonamides is 1. The van der Waals surface area contributed by atoms with Gasteiger partial charge in [0.15, 0.2) is 11.9 Å². The SMILES string of the molecule is CN(c1ccc(F)cc1)S(=O)(=O)c1ccc(Cl)c(C(=O)O[C@H]2CCCC2=O)c1. The van der Waals surface area contributed by atoms with Crippen molar-refractivity contribution >= 4 is 39.1 Å². The molecule has 6 nitrogen and oxygen atoms in total. The van der Waals surface area contributed by atoms with Gasteiger partial charge in [-0.15, -0.1) is 0 Å². The van der Waals surface area contributed by atoms with Crippen LogP contribution in [0.5, 0.6) is 0 Å². The zero-order chi connectivity index (χ0) is 20.5. The number of rotatable bonds is 5. The number of benzene rings is 2. The summed E-state index contributed by atoms with van der Waals surface area (Å²) in [5, 5.41) is 0.0128. The highest BCUT2D eigenvalue weighted by atomic mass is 35.5. The van der Waals surface area contributed by atoms with Crippen LogP contribution in [0.2, 0.25) is 5.02 Å². The van der Waals surface area contributed by atoms with E-state index < -0.39 is 27.9 Å². The number of esters is 1. The standard InChI is InChI=1S/C19H17ClFNO5S/c1-22(13-7-5-12(21)6-8-13)28(25,26)14-9-10-16(20)15(11-14)19(24)27-18-4-2-3-17(18)23/h5-11,18H,2-4H2,1H3/t18-/m0/s1. The molecule has 28 heavy (non-hydrogen) atoms. The number of Topliss-reactive ketones (excluding diaryl/α,β-unsaturated/α-hetero) is 1. The second kappa shape index (κ2) is 7.89. The van der Waals surface area contributed by atoms with E-state index in [2.05, 4.69) is 0 Å². The van der Waals surface area contributed by atoms with Gasteiger partial charge in [-0.25, -0.2) is 17.6 Å². The molecule has 9 heteroatoms. The lowest BCUT2D eigenvalue weighted by molar-refractivity contribution is -0.124. The van der Waals surface area contributed by atoms with E-state index >= 15 is 0 Å². The Morgan fingerprint density at radius 2 is 1.89 bits per heavy atom. The van der Waals surface area contributed by atoms with Crippen LogP contribution in [-0.4, -0.2) is 33.3 Å². The summed E-state index contributed by atoms with van der Waals surface area (Å²) >= 11 is 6.04. The first-order valence-electron chi connectivity index (χ1n) is 8.48. The fourth-order valence-corrected chi connectivity index (χ4v) is 4.29. The van der Waals surface area contributed by atoms with Gasteiger partial charge in [-0.05, 0) is 55.3 Å². The number of anilines is 1. The van der Waals surface area contributed by atoms with Crippen LogP contribution < -0.4 is 4.31 Å². The fourth-order valence-electron chi connectivity index (χ4n) is 2.87. The molecule has 1 aliphatic rings. The molecule has 0 aliphatic heterocycles. The topological polar surface area (TPSA) is 80.8 Å². The Kier molecular flexibility index (Phi) is 5.71. The summed E-state index contributed by atoms with van der Waals surface area (Å²) in [5.74, 6) is -1.51. The van der Waals surface area contributed by atoms with Crippen molar-refractivity contribution in [3.63, 3.8) is 0 Å². The predicted octanol–water partition coefficient (Wildman–Crippen LogP) is 3.58. The molecule has 0 spiro atoms. The van der Waals surface area contributed by atoms with Crippen LogP contribution in [0, 0.1) is 5.82 Å². The zero-order valence-corrected chi connectivity index (χ0v) is 16.5. The van der Waals surface area contributed by atoms with Gasteiger partial charge < -0.3 is 4.74 Å². The minimum atomic E-state index is -4.04. The predicted molar refractivity (Wildman–Crippen MR) is 102 cm³/mol. The van der Waals surface area contributed by atoms with Crippen molar-refractivity contribution in [3.8, 4) is 0 Å². The molecule has 1 atom stereocenters. The van der Waals surface area contributed by atoms with Gasteiger partial charge in [0.05, 0.1) is 21.2 Å². The van der Waals surface area contributed by atoms with Crippen LogP contribution in [0.4, 0.5) is 10.1 Å². The molecule has 1 saturated carbocycles. The van der Waals surface area contributed by atoms with E-state index in [1.807, 2.05) is 0 Å². The molecule has 1 fully saturated rings. The molecule has 2 aromatic rings. The molecule has 0 heterocycles. The van der Waals surface area contributed by atoms with Crippen molar-refractivity contribution in [1.29, 1.82) is 0 Å². The van der Waals surface area contributed by atoms with Gasteiger partial charge in [0.2, 0.25) is 0 Å². The number of ketones is 1. The first-order valence-corrected chi connectivity index (χ1v) is 10.3. The van der Waals surface area contributed by atoms with E-state index in [4.69, 9.17) is 16.3 Å². The summed E-state index contributed by atoms with van der Waals surface area (Å²) in [6.45, 7) is 0. The molecule has 0 bridgehead atoms. The van der Waals surface area contributed by atoms with Crippen molar-refractivity contribution in [2.45, 2.75) is 30.3 Å². The normalized spacial score (nSPS) is 16.8. The molecule has 0 unspecified atom stereocenters. The molecule has 0 amide bonds. The third kappa shape index (κ3) is 4.02. The van der Waals surface area contributed by atoms with E-state index in [9.17, 15) is 22.4 Å². The summed E-state index contributed by atoms with van der Waals surface area (Å²) in [5.41, 5.74) is 0.104. The summed E-state index contributed by atoms with van der Waals surface area (Å²) in [4.78, 5) is 23.9. The Labute approximate surface area is 166 Å². The van der Waals surface area contributed by atoms with Gasteiger partial charge in [0.1, 0.15) is 5.82 Å². The van der Waals surface area contributed by atoms with Crippen LogP contribution in [0.25, 0.3) is 0 Å². The quantitative estimate of drug-likeness (QED) is 0.684. The highest BCUT2D eigenvalue weighted by molar-refractivity contribution is 7.92. The smallest absolute Gasteiger partial charge is 0.340 e. The molecule has 0 radical (unpaired) electrons. The van der Waals surface area contributed by atoms with E-state index in [1.54, 1.807) is 0 Å². The highest BCUT2D eigenvalue weighted by Gasteiger charge is 2.30. The fraction of sp³-hybridized carbons (Fsp3) is 0.263. The summed E-state index contributed by atoms with van der Waals surface area (Å²) in [6, 6.07) is 8.58. The highest BCUT2D eigenvalue weighted by Crippen LogP contribution is 2.27. The second-order valence-corrected chi connectivity index (χ2v) is 8.72. The van der Waals surface area contributed by atoms with Crippen molar-refractivity contribution < 1.29 is 27.1 Å². The Balaban J connectivity index is 1.90. The molecule has 3 rings (SSSR count). The van der Waals surface area contributed by atoms with Crippen molar-refractivity contribution in [2.75, 3.05) is 11.4 Å². The maximum absolute atomic E-state index is 13.1. The Morgan fingerprint density at radius 3 is 2.50 bits per heavy atom. The Morgan fingerprint density at radius 1 is 1.21 bits per heavy atom. The first-order chi connectivity index (χ1) is 13.2. The maximum atomic E-state index is 13.1. The van der Waals surface area contributed by atoms with E-state index in [-0.39, 0.29) is 27.0 Å². The maximum Gasteiger partial charge on any atom is 0.340 e. The van der Waals surface area contributed by atoms with E-state index in [0.717, 1.165) is 22.5 Å². The minimum absolute atomic E-state index is 0.0128. The van der Waals surface area contributed by atoms with Crippen molar-refractivity contribution in [2.24, 2.45) is 0 Å². The zero-order valence-electron chi connectivity index (χ0n) is 14.9. The van der Waals surface area contributed by atoms with Crippen LogP contribution in [0.15, 0.2) is 47.4 Å². The van der Waals surface area contributed by atoms with Crippen LogP contribution >= 0.6 is 11.6 Å². The van der Waals surface area contributed by atoms with E-state index in [0.29, 0.717) is 19.3 Å². The lowest BCUT2D eigenvalue weighted by Crippen LogP contribution is -2.27. The van der Waals surface area contributed by atoms with Gasteiger partial charge in [-0.3, -0.25) is 9.10 Å². The number of ether oxygens (including phenoxy) is 1. The number of carbonyl (C=O) groups is 2. The molecule has 1 aliphatic carbocycles. The third-order valence-electron chi connectivity index (χ3n) is 4.50. The Hall–Kier alpha value is -2.45. The van der Waals surface area contributed by atoms with E-state index in [1.165, 1.54) is 31.3 Å². The van der Waals surface area contributed by atoms with Crippen molar-refractivity contribution in [3.05, 3.63) is 58.9 Å². The van der Waals surface area contributed by atoms with Gasteiger partial charge in [-0.1, -0.05) is 11.6 Å². The lowest BCUT2D eigenvalue weighted by atomic mass is 10.2. The molecule has 148 valence electrons. The number of halogens is 2. The molecule has 0 aromatic heterocycles. The Bertz CT molecular complexity index is 1020. The monoisotopic (exact) mass is 425 g/mol. The summed E-state index contributed by atoms with van der Waals surface area (Å²) < 4.78 is 45.0. The average molecular weight is 426 g/mol. The summed E-state index contributed by atoms with van der Waals surface area (Å²) in [7, 11) is -2.73. The second-order valence-electron chi connectivity index (χ2n) is 6.34. The van der Waals surface area contributed by atoms with Crippen LogP contribution in [-0.2, 0) is 19.6 Å². The minimum Gasteiger partial charge on any atom is -0.451 e. The number of hydrogen-bond donors (Lipinski definition) is 0. The number of nitrogens with zero attached hydrogens (tertiary/aromatic N) is 1. The summed E-state index contributed by atoms with van der Waals surface area (Å²) in [6.07, 6.45) is 0.600. The molecule has 0 saturated heterocycles. The average Bonchev–Trinajstić information content (AvgIpc) is 3.06. The van der Waals surface area contributed by atoms with Crippen molar-refractivity contribution in [1.82, 2.24) is 0 Å². The molecular formula is C19H17ClFNO5S. The molecule has 2 aromatic carbocycles. The molecular weight excluding hydrogens is 409 g/mol. The third-order valence-corrected chi connectivity index (χ3v) is 6.62.